The Balaban J connectivity index is 2.29. The SMILES string of the molecule is C#CCCc1cc(Br)c2c(c1)OCCO2. The Bertz CT molecular complexity index is 407. The normalized spacial score (nSPS) is 13.3. The van der Waals surface area contributed by atoms with Gasteiger partial charge in [0.25, 0.3) is 0 Å². The van der Waals surface area contributed by atoms with Crippen LogP contribution >= 0.6 is 15.9 Å². The Morgan fingerprint density at radius 2 is 2.13 bits per heavy atom. The van der Waals surface area contributed by atoms with Crippen molar-refractivity contribution < 1.29 is 9.47 Å². The summed E-state index contributed by atoms with van der Waals surface area (Å²) in [5.74, 6) is 4.23. The lowest BCUT2D eigenvalue weighted by Crippen LogP contribution is -2.15. The van der Waals surface area contributed by atoms with E-state index in [2.05, 4.69) is 21.9 Å². The molecule has 15 heavy (non-hydrogen) atoms. The van der Waals surface area contributed by atoms with E-state index in [0.717, 1.165) is 28.8 Å². The van der Waals surface area contributed by atoms with E-state index in [1.54, 1.807) is 0 Å². The molecule has 3 heteroatoms. The topological polar surface area (TPSA) is 18.5 Å². The molecule has 78 valence electrons. The van der Waals surface area contributed by atoms with Gasteiger partial charge in [-0.3, -0.25) is 0 Å². The number of halogens is 1. The predicted octanol–water partition coefficient (Wildman–Crippen LogP) is 2.79. The first-order chi connectivity index (χ1) is 7.31. The summed E-state index contributed by atoms with van der Waals surface area (Å²) in [5.41, 5.74) is 1.17. The van der Waals surface area contributed by atoms with Gasteiger partial charge < -0.3 is 9.47 Å². The lowest BCUT2D eigenvalue weighted by atomic mass is 10.1. The summed E-state index contributed by atoms with van der Waals surface area (Å²) < 4.78 is 12.0. The Labute approximate surface area is 97.7 Å². The third-order valence-electron chi connectivity index (χ3n) is 2.21. The van der Waals surface area contributed by atoms with Crippen LogP contribution < -0.4 is 9.47 Å². The molecule has 0 spiro atoms. The van der Waals surface area contributed by atoms with Crippen molar-refractivity contribution >= 4 is 15.9 Å². The van der Waals surface area contributed by atoms with E-state index in [4.69, 9.17) is 15.9 Å². The third kappa shape index (κ3) is 2.27. The number of fused-ring (bicyclic) bond motifs is 1. The second-order valence-electron chi connectivity index (χ2n) is 3.31. The van der Waals surface area contributed by atoms with E-state index < -0.39 is 0 Å². The molecule has 1 heterocycles. The number of benzene rings is 1. The second kappa shape index (κ2) is 4.59. The van der Waals surface area contributed by atoms with Crippen LogP contribution in [0.25, 0.3) is 0 Å². The van der Waals surface area contributed by atoms with Gasteiger partial charge in [0, 0.05) is 6.42 Å². The summed E-state index contributed by atoms with van der Waals surface area (Å²) in [6.07, 6.45) is 6.84. The molecule has 2 nitrogen and oxygen atoms in total. The summed E-state index contributed by atoms with van der Waals surface area (Å²) in [5, 5.41) is 0. The zero-order valence-corrected chi connectivity index (χ0v) is 9.84. The van der Waals surface area contributed by atoms with E-state index in [-0.39, 0.29) is 0 Å². The number of hydrogen-bond acceptors (Lipinski definition) is 2. The standard InChI is InChI=1S/C12H11BrO2/c1-2-3-4-9-7-10(13)12-11(8-9)14-5-6-15-12/h1,7-8H,3-6H2. The van der Waals surface area contributed by atoms with E-state index in [9.17, 15) is 0 Å². The molecule has 0 unspecified atom stereocenters. The van der Waals surface area contributed by atoms with Crippen LogP contribution in [0.5, 0.6) is 11.5 Å². The van der Waals surface area contributed by atoms with Crippen LogP contribution in [0.1, 0.15) is 12.0 Å². The number of terminal acetylenes is 1. The zero-order chi connectivity index (χ0) is 10.7. The predicted molar refractivity (Wildman–Crippen MR) is 62.3 cm³/mol. The monoisotopic (exact) mass is 266 g/mol. The van der Waals surface area contributed by atoms with Gasteiger partial charge in [-0.1, -0.05) is 0 Å². The molecule has 0 saturated carbocycles. The van der Waals surface area contributed by atoms with Gasteiger partial charge in [0.15, 0.2) is 11.5 Å². The molecule has 0 radical (unpaired) electrons. The van der Waals surface area contributed by atoms with Gasteiger partial charge in [-0.15, -0.1) is 12.3 Å². The number of hydrogen-bond donors (Lipinski definition) is 0. The Hall–Kier alpha value is -1.14. The highest BCUT2D eigenvalue weighted by Crippen LogP contribution is 2.38. The van der Waals surface area contributed by atoms with Gasteiger partial charge in [-0.2, -0.15) is 0 Å². The van der Waals surface area contributed by atoms with Crippen molar-refractivity contribution in [3.8, 4) is 23.8 Å². The molecule has 2 rings (SSSR count). The van der Waals surface area contributed by atoms with Crippen LogP contribution in [-0.2, 0) is 6.42 Å². The molecule has 0 aromatic heterocycles. The molecule has 1 aliphatic rings. The first-order valence-corrected chi connectivity index (χ1v) is 5.62. The summed E-state index contributed by atoms with van der Waals surface area (Å²) >= 11 is 3.47. The van der Waals surface area contributed by atoms with E-state index in [0.29, 0.717) is 13.2 Å². The summed E-state index contributed by atoms with van der Waals surface area (Å²) in [6.45, 7) is 1.22. The maximum Gasteiger partial charge on any atom is 0.175 e. The van der Waals surface area contributed by atoms with Crippen LogP contribution in [0.4, 0.5) is 0 Å². The fourth-order valence-corrected chi connectivity index (χ4v) is 2.13. The Morgan fingerprint density at radius 1 is 1.33 bits per heavy atom. The highest BCUT2D eigenvalue weighted by Gasteiger charge is 2.15. The molecule has 0 fully saturated rings. The van der Waals surface area contributed by atoms with Crippen molar-refractivity contribution in [2.45, 2.75) is 12.8 Å². The highest BCUT2D eigenvalue weighted by molar-refractivity contribution is 9.10. The lowest BCUT2D eigenvalue weighted by Gasteiger charge is -2.20. The van der Waals surface area contributed by atoms with E-state index in [1.807, 2.05) is 12.1 Å². The average Bonchev–Trinajstić information content (AvgIpc) is 2.26. The summed E-state index contributed by atoms with van der Waals surface area (Å²) in [7, 11) is 0. The second-order valence-corrected chi connectivity index (χ2v) is 4.16. The Morgan fingerprint density at radius 3 is 2.93 bits per heavy atom. The summed E-state index contributed by atoms with van der Waals surface area (Å²) in [6, 6.07) is 4.03. The molecule has 1 aliphatic heterocycles. The highest BCUT2D eigenvalue weighted by atomic mass is 79.9. The number of rotatable bonds is 2. The van der Waals surface area contributed by atoms with Crippen molar-refractivity contribution in [2.75, 3.05) is 13.2 Å². The molecule has 0 atom stereocenters. The molecular weight excluding hydrogens is 256 g/mol. The minimum atomic E-state index is 0.606. The minimum absolute atomic E-state index is 0.606. The molecular formula is C12H11BrO2. The fraction of sp³-hybridized carbons (Fsp3) is 0.333. The molecule has 1 aromatic rings. The van der Waals surface area contributed by atoms with Crippen molar-refractivity contribution in [1.82, 2.24) is 0 Å². The minimum Gasteiger partial charge on any atom is -0.486 e. The summed E-state index contributed by atoms with van der Waals surface area (Å²) in [4.78, 5) is 0. The van der Waals surface area contributed by atoms with Crippen molar-refractivity contribution in [1.29, 1.82) is 0 Å². The molecule has 0 saturated heterocycles. The van der Waals surface area contributed by atoms with Gasteiger partial charge in [0.1, 0.15) is 13.2 Å². The average molecular weight is 267 g/mol. The maximum absolute atomic E-state index is 5.52. The maximum atomic E-state index is 5.52. The third-order valence-corrected chi connectivity index (χ3v) is 2.80. The lowest BCUT2D eigenvalue weighted by molar-refractivity contribution is 0.170. The van der Waals surface area contributed by atoms with Gasteiger partial charge in [0.2, 0.25) is 0 Å². The molecule has 0 amide bonds. The Kier molecular flexibility index (Phi) is 3.17. The van der Waals surface area contributed by atoms with E-state index >= 15 is 0 Å². The largest absolute Gasteiger partial charge is 0.486 e. The van der Waals surface area contributed by atoms with Crippen molar-refractivity contribution in [2.24, 2.45) is 0 Å². The first-order valence-electron chi connectivity index (χ1n) is 4.83. The van der Waals surface area contributed by atoms with Crippen LogP contribution in [0.15, 0.2) is 16.6 Å². The van der Waals surface area contributed by atoms with Crippen molar-refractivity contribution in [3.63, 3.8) is 0 Å². The quantitative estimate of drug-likeness (QED) is 0.767. The van der Waals surface area contributed by atoms with Crippen LogP contribution in [-0.4, -0.2) is 13.2 Å². The zero-order valence-electron chi connectivity index (χ0n) is 8.25. The number of aryl methyl sites for hydroxylation is 1. The van der Waals surface area contributed by atoms with Gasteiger partial charge >= 0.3 is 0 Å². The molecule has 0 bridgehead atoms. The molecule has 1 aromatic carbocycles. The van der Waals surface area contributed by atoms with Crippen LogP contribution in [0, 0.1) is 12.3 Å². The van der Waals surface area contributed by atoms with Gasteiger partial charge in [-0.05, 0) is 40.0 Å². The van der Waals surface area contributed by atoms with Crippen LogP contribution in [0.3, 0.4) is 0 Å². The smallest absolute Gasteiger partial charge is 0.175 e. The fourth-order valence-electron chi connectivity index (χ4n) is 1.53. The van der Waals surface area contributed by atoms with Crippen molar-refractivity contribution in [3.05, 3.63) is 22.2 Å². The molecule has 0 N–H and O–H groups in total. The van der Waals surface area contributed by atoms with Crippen LogP contribution in [0.2, 0.25) is 0 Å². The van der Waals surface area contributed by atoms with E-state index in [1.165, 1.54) is 5.56 Å². The van der Waals surface area contributed by atoms with Gasteiger partial charge in [-0.25, -0.2) is 0 Å². The number of ether oxygens (including phenoxy) is 2. The molecule has 0 aliphatic carbocycles. The van der Waals surface area contributed by atoms with Gasteiger partial charge in [0.05, 0.1) is 4.47 Å². The first kappa shape index (κ1) is 10.4.